The molecule has 0 saturated carbocycles. The van der Waals surface area contributed by atoms with Gasteiger partial charge in [0.15, 0.2) is 5.78 Å². The standard InChI is InChI=1S/C19H14F3N3O2/c20-19(21,22)15-5-1-4-13(7-15)17(26)14-8-16(24-11-14)18(27)25-10-12-3-2-6-23-9-12/h1-9,11,24H,10H2,(H,25,27). The van der Waals surface area contributed by atoms with Gasteiger partial charge >= 0.3 is 6.18 Å². The lowest BCUT2D eigenvalue weighted by Crippen LogP contribution is -2.23. The van der Waals surface area contributed by atoms with Gasteiger partial charge in [0.2, 0.25) is 0 Å². The van der Waals surface area contributed by atoms with Gasteiger partial charge in [0.25, 0.3) is 5.91 Å². The van der Waals surface area contributed by atoms with Crippen molar-refractivity contribution < 1.29 is 22.8 Å². The molecule has 5 nitrogen and oxygen atoms in total. The van der Waals surface area contributed by atoms with Crippen LogP contribution in [0.2, 0.25) is 0 Å². The monoisotopic (exact) mass is 373 g/mol. The van der Waals surface area contributed by atoms with Crippen LogP contribution in [0, 0.1) is 0 Å². The Hall–Kier alpha value is -3.42. The van der Waals surface area contributed by atoms with E-state index >= 15 is 0 Å². The van der Waals surface area contributed by atoms with Gasteiger partial charge in [-0.3, -0.25) is 14.6 Å². The number of pyridine rings is 1. The number of alkyl halides is 3. The molecule has 0 unspecified atom stereocenters. The van der Waals surface area contributed by atoms with Gasteiger partial charge in [-0.25, -0.2) is 0 Å². The Labute approximate surface area is 152 Å². The first-order valence-corrected chi connectivity index (χ1v) is 7.92. The number of aromatic nitrogens is 2. The molecule has 0 aliphatic rings. The SMILES string of the molecule is O=C(c1cccc(C(F)(F)F)c1)c1c[nH]c(C(=O)NCc2cccnc2)c1. The van der Waals surface area contributed by atoms with Gasteiger partial charge in [0, 0.05) is 36.3 Å². The van der Waals surface area contributed by atoms with Gasteiger partial charge in [-0.05, 0) is 29.8 Å². The van der Waals surface area contributed by atoms with Gasteiger partial charge in [-0.2, -0.15) is 13.2 Å². The minimum atomic E-state index is -4.54. The Morgan fingerprint density at radius 3 is 2.59 bits per heavy atom. The van der Waals surface area contributed by atoms with Crippen LogP contribution in [-0.4, -0.2) is 21.7 Å². The van der Waals surface area contributed by atoms with Gasteiger partial charge in [-0.1, -0.05) is 18.2 Å². The highest BCUT2D eigenvalue weighted by atomic mass is 19.4. The summed E-state index contributed by atoms with van der Waals surface area (Å²) in [4.78, 5) is 31.2. The van der Waals surface area contributed by atoms with Crippen molar-refractivity contribution in [3.63, 3.8) is 0 Å². The molecule has 27 heavy (non-hydrogen) atoms. The van der Waals surface area contributed by atoms with Crippen molar-refractivity contribution in [3.8, 4) is 0 Å². The summed E-state index contributed by atoms with van der Waals surface area (Å²) in [6.07, 6.45) is -0.0209. The number of hydrogen-bond acceptors (Lipinski definition) is 3. The van der Waals surface area contributed by atoms with E-state index in [9.17, 15) is 22.8 Å². The van der Waals surface area contributed by atoms with Crippen LogP contribution in [-0.2, 0) is 12.7 Å². The molecule has 0 spiro atoms. The summed E-state index contributed by atoms with van der Waals surface area (Å²) in [5.41, 5.74) is 0.0252. The highest BCUT2D eigenvalue weighted by Gasteiger charge is 2.31. The molecule has 0 bridgehead atoms. The number of carbonyl (C=O) groups excluding carboxylic acids is 2. The lowest BCUT2D eigenvalue weighted by atomic mass is 10.0. The Balaban J connectivity index is 1.71. The second kappa shape index (κ2) is 7.45. The molecular formula is C19H14F3N3O2. The number of halogens is 3. The number of ketones is 1. The predicted molar refractivity (Wildman–Crippen MR) is 91.1 cm³/mol. The minimum Gasteiger partial charge on any atom is -0.356 e. The summed E-state index contributed by atoms with van der Waals surface area (Å²) in [7, 11) is 0. The van der Waals surface area contributed by atoms with Crippen LogP contribution in [0.25, 0.3) is 0 Å². The molecule has 0 radical (unpaired) electrons. The maximum absolute atomic E-state index is 12.8. The fourth-order valence-electron chi connectivity index (χ4n) is 2.44. The number of rotatable bonds is 5. The molecule has 0 saturated heterocycles. The van der Waals surface area contributed by atoms with E-state index in [4.69, 9.17) is 0 Å². The van der Waals surface area contributed by atoms with Crippen molar-refractivity contribution >= 4 is 11.7 Å². The first-order chi connectivity index (χ1) is 12.8. The van der Waals surface area contributed by atoms with Crippen molar-refractivity contribution in [2.45, 2.75) is 12.7 Å². The molecule has 3 rings (SSSR count). The van der Waals surface area contributed by atoms with Crippen LogP contribution >= 0.6 is 0 Å². The topological polar surface area (TPSA) is 74.8 Å². The van der Waals surface area contributed by atoms with E-state index in [0.717, 1.165) is 17.7 Å². The lowest BCUT2D eigenvalue weighted by Gasteiger charge is -2.07. The van der Waals surface area contributed by atoms with E-state index in [1.807, 2.05) is 0 Å². The zero-order chi connectivity index (χ0) is 19.4. The quantitative estimate of drug-likeness (QED) is 0.671. The average Bonchev–Trinajstić information content (AvgIpc) is 3.16. The average molecular weight is 373 g/mol. The van der Waals surface area contributed by atoms with Crippen molar-refractivity contribution in [1.82, 2.24) is 15.3 Å². The molecular weight excluding hydrogens is 359 g/mol. The van der Waals surface area contributed by atoms with Crippen LogP contribution in [0.1, 0.15) is 37.5 Å². The third-order valence-corrected chi connectivity index (χ3v) is 3.82. The molecule has 138 valence electrons. The van der Waals surface area contributed by atoms with Crippen molar-refractivity contribution in [2.75, 3.05) is 0 Å². The predicted octanol–water partition coefficient (Wildman–Crippen LogP) is 3.59. The molecule has 2 heterocycles. The van der Waals surface area contributed by atoms with E-state index in [-0.39, 0.29) is 23.4 Å². The second-order valence-electron chi connectivity index (χ2n) is 5.75. The number of benzene rings is 1. The summed E-state index contributed by atoms with van der Waals surface area (Å²) in [5.74, 6) is -1.05. The van der Waals surface area contributed by atoms with Crippen molar-refractivity contribution in [3.05, 3.63) is 89.0 Å². The number of amides is 1. The Morgan fingerprint density at radius 1 is 1.07 bits per heavy atom. The molecule has 8 heteroatoms. The Bertz CT molecular complexity index is 966. The molecule has 0 aliphatic carbocycles. The van der Waals surface area contributed by atoms with Crippen LogP contribution in [0.3, 0.4) is 0 Å². The Kier molecular flexibility index (Phi) is 5.07. The number of carbonyl (C=O) groups is 2. The molecule has 2 N–H and O–H groups in total. The van der Waals surface area contributed by atoms with Crippen LogP contribution in [0.4, 0.5) is 13.2 Å². The molecule has 3 aromatic rings. The maximum Gasteiger partial charge on any atom is 0.416 e. The summed E-state index contributed by atoms with van der Waals surface area (Å²) < 4.78 is 38.4. The molecule has 0 aliphatic heterocycles. The summed E-state index contributed by atoms with van der Waals surface area (Å²) in [5, 5.41) is 2.67. The smallest absolute Gasteiger partial charge is 0.356 e. The maximum atomic E-state index is 12.8. The first kappa shape index (κ1) is 18.4. The number of H-pyrrole nitrogens is 1. The fraction of sp³-hybridized carbons (Fsp3) is 0.105. The van der Waals surface area contributed by atoms with Crippen molar-refractivity contribution in [1.29, 1.82) is 0 Å². The zero-order valence-electron chi connectivity index (χ0n) is 13.9. The van der Waals surface area contributed by atoms with Crippen LogP contribution in [0.5, 0.6) is 0 Å². The first-order valence-electron chi connectivity index (χ1n) is 7.92. The van der Waals surface area contributed by atoms with Gasteiger partial charge in [0.05, 0.1) is 5.56 Å². The third kappa shape index (κ3) is 4.41. The normalized spacial score (nSPS) is 11.2. The third-order valence-electron chi connectivity index (χ3n) is 3.82. The van der Waals surface area contributed by atoms with Gasteiger partial charge in [0.1, 0.15) is 5.69 Å². The van der Waals surface area contributed by atoms with Crippen molar-refractivity contribution in [2.24, 2.45) is 0 Å². The number of nitrogens with one attached hydrogen (secondary N) is 2. The van der Waals surface area contributed by atoms with Gasteiger partial charge in [-0.15, -0.1) is 0 Å². The molecule has 0 fully saturated rings. The minimum absolute atomic E-state index is 0.0980. The number of hydrogen-bond donors (Lipinski definition) is 2. The van der Waals surface area contributed by atoms with Crippen LogP contribution < -0.4 is 5.32 Å². The number of nitrogens with zero attached hydrogens (tertiary/aromatic N) is 1. The summed E-state index contributed by atoms with van der Waals surface area (Å²) >= 11 is 0. The molecule has 2 aromatic heterocycles. The van der Waals surface area contributed by atoms with E-state index in [2.05, 4.69) is 15.3 Å². The summed E-state index contributed by atoms with van der Waals surface area (Å²) in [6.45, 7) is 0.253. The van der Waals surface area contributed by atoms with E-state index in [1.54, 1.807) is 24.5 Å². The molecule has 1 aromatic carbocycles. The largest absolute Gasteiger partial charge is 0.416 e. The van der Waals surface area contributed by atoms with E-state index < -0.39 is 23.4 Å². The Morgan fingerprint density at radius 2 is 1.89 bits per heavy atom. The van der Waals surface area contributed by atoms with Crippen LogP contribution in [0.15, 0.2) is 61.1 Å². The lowest BCUT2D eigenvalue weighted by molar-refractivity contribution is -0.137. The fourth-order valence-corrected chi connectivity index (χ4v) is 2.44. The van der Waals surface area contributed by atoms with Gasteiger partial charge < -0.3 is 10.3 Å². The highest BCUT2D eigenvalue weighted by Crippen LogP contribution is 2.30. The molecule has 1 amide bonds. The molecule has 0 atom stereocenters. The second-order valence-corrected chi connectivity index (χ2v) is 5.75. The van der Waals surface area contributed by atoms with E-state index in [0.29, 0.717) is 0 Å². The van der Waals surface area contributed by atoms with E-state index in [1.165, 1.54) is 24.4 Å². The highest BCUT2D eigenvalue weighted by molar-refractivity contribution is 6.10. The zero-order valence-corrected chi connectivity index (χ0v) is 13.9. The number of aromatic amines is 1. The summed E-state index contributed by atoms with van der Waals surface area (Å²) in [6, 6.07) is 8.99.